The summed E-state index contributed by atoms with van der Waals surface area (Å²) in [5.41, 5.74) is 4.16. The minimum absolute atomic E-state index is 0.0225. The fourth-order valence-corrected chi connectivity index (χ4v) is 5.41. The first-order chi connectivity index (χ1) is 15.6. The molecule has 3 rings (SSSR count). The Labute approximate surface area is 193 Å². The summed E-state index contributed by atoms with van der Waals surface area (Å²) >= 11 is 0.512. The van der Waals surface area contributed by atoms with Crippen LogP contribution in [0.15, 0.2) is 22.8 Å². The van der Waals surface area contributed by atoms with Crippen LogP contribution in [0.25, 0.3) is 5.57 Å². The van der Waals surface area contributed by atoms with Gasteiger partial charge in [0.15, 0.2) is 29.1 Å². The molecule has 0 heterocycles. The maximum atomic E-state index is 13.9. The summed E-state index contributed by atoms with van der Waals surface area (Å²) in [5, 5.41) is 10.8. The number of Topliss-reactive ketones (excluding diaryl/α,β-unsaturated/α-hetero) is 1. The van der Waals surface area contributed by atoms with E-state index in [2.05, 4.69) is 0 Å². The van der Waals surface area contributed by atoms with Crippen LogP contribution < -0.4 is 0 Å². The molecule has 178 valence electrons. The van der Waals surface area contributed by atoms with E-state index in [-0.39, 0.29) is 42.5 Å². The van der Waals surface area contributed by atoms with Crippen molar-refractivity contribution >= 4 is 23.1 Å². The van der Waals surface area contributed by atoms with E-state index in [0.717, 1.165) is 22.3 Å². The van der Waals surface area contributed by atoms with Crippen molar-refractivity contribution in [2.24, 2.45) is 5.92 Å². The van der Waals surface area contributed by atoms with Gasteiger partial charge in [-0.1, -0.05) is 31.5 Å². The van der Waals surface area contributed by atoms with Gasteiger partial charge in [0.25, 0.3) is 0 Å². The van der Waals surface area contributed by atoms with E-state index in [4.69, 9.17) is 0 Å². The molecule has 1 unspecified atom stereocenters. The second-order valence-electron chi connectivity index (χ2n) is 8.22. The highest BCUT2D eigenvalue weighted by molar-refractivity contribution is 7.99. The number of aliphatic hydroxyl groups excluding tert-OH is 1. The number of carbonyl (C=O) groups is 1. The van der Waals surface area contributed by atoms with E-state index < -0.39 is 34.0 Å². The Balaban J connectivity index is 1.79. The van der Waals surface area contributed by atoms with Gasteiger partial charge in [0.1, 0.15) is 5.76 Å². The molecule has 0 amide bonds. The van der Waals surface area contributed by atoms with E-state index >= 15 is 0 Å². The monoisotopic (exact) mass is 484 g/mol. The number of aliphatic hydroxyl groups is 1. The second kappa shape index (κ2) is 10.3. The van der Waals surface area contributed by atoms with Crippen LogP contribution in [0.5, 0.6) is 0 Å². The molecular formula is C25H25F5O2S. The molecule has 0 saturated carbocycles. The Kier molecular flexibility index (Phi) is 7.88. The van der Waals surface area contributed by atoms with Crippen molar-refractivity contribution < 1.29 is 31.9 Å². The number of aryl methyl sites for hydroxylation is 3. The lowest BCUT2D eigenvalue weighted by Crippen LogP contribution is -2.21. The van der Waals surface area contributed by atoms with Gasteiger partial charge in [0.05, 0.1) is 10.5 Å². The Bertz CT molecular complexity index is 1070. The summed E-state index contributed by atoms with van der Waals surface area (Å²) in [4.78, 5) is 12.1. The van der Waals surface area contributed by atoms with Crippen molar-refractivity contribution in [2.45, 2.75) is 57.8 Å². The lowest BCUT2D eigenvalue weighted by molar-refractivity contribution is -0.115. The predicted molar refractivity (Wildman–Crippen MR) is 119 cm³/mol. The van der Waals surface area contributed by atoms with E-state index in [0.29, 0.717) is 30.2 Å². The van der Waals surface area contributed by atoms with Gasteiger partial charge in [0.2, 0.25) is 5.82 Å². The first-order valence-corrected chi connectivity index (χ1v) is 11.8. The third-order valence-electron chi connectivity index (χ3n) is 5.92. The lowest BCUT2D eigenvalue weighted by Gasteiger charge is -2.26. The molecule has 33 heavy (non-hydrogen) atoms. The normalized spacial score (nSPS) is 16.6. The maximum absolute atomic E-state index is 13.9. The molecule has 0 saturated heterocycles. The SMILES string of the molecule is CCc1cc(C)cc(CC)c1C1=C(O)CC(CCSc2c(F)c(F)c(F)c(F)c2F)CC1=O. The molecular weight excluding hydrogens is 459 g/mol. The molecule has 0 spiro atoms. The fraction of sp³-hybridized carbons (Fsp3) is 0.400. The molecule has 1 atom stereocenters. The number of allylic oxidation sites excluding steroid dienone is 2. The molecule has 0 aromatic heterocycles. The molecule has 0 bridgehead atoms. The van der Waals surface area contributed by atoms with E-state index in [1.54, 1.807) is 0 Å². The Morgan fingerprint density at radius 3 is 1.91 bits per heavy atom. The van der Waals surface area contributed by atoms with Crippen molar-refractivity contribution in [3.05, 3.63) is 69.2 Å². The molecule has 2 aromatic rings. The number of thioether (sulfide) groups is 1. The van der Waals surface area contributed by atoms with Crippen LogP contribution >= 0.6 is 11.8 Å². The number of hydrogen-bond donors (Lipinski definition) is 1. The highest BCUT2D eigenvalue weighted by Crippen LogP contribution is 2.39. The minimum Gasteiger partial charge on any atom is -0.512 e. The molecule has 0 fully saturated rings. The van der Waals surface area contributed by atoms with Crippen molar-refractivity contribution in [1.29, 1.82) is 0 Å². The van der Waals surface area contributed by atoms with E-state index in [9.17, 15) is 31.9 Å². The average Bonchev–Trinajstić information content (AvgIpc) is 2.78. The van der Waals surface area contributed by atoms with Gasteiger partial charge in [0, 0.05) is 12.8 Å². The molecule has 2 nitrogen and oxygen atoms in total. The molecule has 1 aliphatic rings. The molecule has 8 heteroatoms. The maximum Gasteiger partial charge on any atom is 0.200 e. The topological polar surface area (TPSA) is 37.3 Å². The number of benzene rings is 2. The molecule has 1 N–H and O–H groups in total. The van der Waals surface area contributed by atoms with E-state index in [1.807, 2.05) is 32.9 Å². The van der Waals surface area contributed by atoms with Crippen LogP contribution in [0, 0.1) is 41.9 Å². The fourth-order valence-electron chi connectivity index (χ4n) is 4.32. The van der Waals surface area contributed by atoms with Crippen LogP contribution in [0.1, 0.15) is 55.4 Å². The highest BCUT2D eigenvalue weighted by atomic mass is 32.2. The van der Waals surface area contributed by atoms with Gasteiger partial charge < -0.3 is 5.11 Å². The number of halogens is 5. The van der Waals surface area contributed by atoms with Gasteiger partial charge in [-0.3, -0.25) is 4.79 Å². The van der Waals surface area contributed by atoms with Gasteiger partial charge in [-0.05, 0) is 54.5 Å². The third kappa shape index (κ3) is 4.95. The summed E-state index contributed by atoms with van der Waals surface area (Å²) in [6.45, 7) is 5.96. The molecule has 1 aliphatic carbocycles. The Morgan fingerprint density at radius 1 is 0.909 bits per heavy atom. The standard InChI is InChI=1S/C25H25F5O2S/c1-4-14-8-12(3)9-15(5-2)18(14)19-16(31)10-13(11-17(19)32)6-7-33-25-23(29)21(27)20(26)22(28)24(25)30/h8-9,13,31H,4-7,10-11H2,1-3H3. The number of rotatable bonds is 7. The number of hydrogen-bond acceptors (Lipinski definition) is 3. The lowest BCUT2D eigenvalue weighted by atomic mass is 9.79. The van der Waals surface area contributed by atoms with E-state index in [1.165, 1.54) is 0 Å². The van der Waals surface area contributed by atoms with Gasteiger partial charge in [-0.15, -0.1) is 11.8 Å². The Morgan fingerprint density at radius 2 is 1.42 bits per heavy atom. The molecule has 0 radical (unpaired) electrons. The van der Waals surface area contributed by atoms with Gasteiger partial charge in [-0.25, -0.2) is 22.0 Å². The summed E-state index contributed by atoms with van der Waals surface area (Å²) in [6, 6.07) is 4.02. The van der Waals surface area contributed by atoms with Crippen LogP contribution in [0.2, 0.25) is 0 Å². The zero-order valence-corrected chi connectivity index (χ0v) is 19.4. The highest BCUT2D eigenvalue weighted by Gasteiger charge is 2.31. The van der Waals surface area contributed by atoms with Gasteiger partial charge >= 0.3 is 0 Å². The molecule has 0 aliphatic heterocycles. The first kappa shape index (κ1) is 25.3. The van der Waals surface area contributed by atoms with Crippen molar-refractivity contribution in [3.63, 3.8) is 0 Å². The summed E-state index contributed by atoms with van der Waals surface area (Å²) in [7, 11) is 0. The van der Waals surface area contributed by atoms with Gasteiger partial charge in [-0.2, -0.15) is 0 Å². The summed E-state index contributed by atoms with van der Waals surface area (Å²) in [6.07, 6.45) is 2.02. The molecule has 2 aromatic carbocycles. The van der Waals surface area contributed by atoms with Crippen LogP contribution in [0.4, 0.5) is 22.0 Å². The summed E-state index contributed by atoms with van der Waals surface area (Å²) < 4.78 is 67.7. The quantitative estimate of drug-likeness (QED) is 0.195. The smallest absolute Gasteiger partial charge is 0.200 e. The number of ketones is 1. The zero-order valence-electron chi connectivity index (χ0n) is 18.6. The van der Waals surface area contributed by atoms with Crippen molar-refractivity contribution in [1.82, 2.24) is 0 Å². The zero-order chi connectivity index (χ0) is 24.4. The van der Waals surface area contributed by atoms with Crippen molar-refractivity contribution in [3.8, 4) is 0 Å². The second-order valence-corrected chi connectivity index (χ2v) is 9.33. The van der Waals surface area contributed by atoms with Crippen molar-refractivity contribution in [2.75, 3.05) is 5.75 Å². The predicted octanol–water partition coefficient (Wildman–Crippen LogP) is 7.25. The largest absolute Gasteiger partial charge is 0.512 e. The van der Waals surface area contributed by atoms with Crippen LogP contribution in [-0.2, 0) is 17.6 Å². The first-order valence-electron chi connectivity index (χ1n) is 10.8. The van der Waals surface area contributed by atoms with Crippen LogP contribution in [0.3, 0.4) is 0 Å². The average molecular weight is 485 g/mol. The summed E-state index contributed by atoms with van der Waals surface area (Å²) in [5.74, 6) is -10.4. The third-order valence-corrected chi connectivity index (χ3v) is 7.01. The Hall–Kier alpha value is -2.35. The number of carbonyl (C=O) groups excluding carboxylic acids is 1. The van der Waals surface area contributed by atoms with Crippen LogP contribution in [-0.4, -0.2) is 16.6 Å². The minimum atomic E-state index is -2.19.